The fourth-order valence-electron chi connectivity index (χ4n) is 2.39. The van der Waals surface area contributed by atoms with Crippen LogP contribution in [0, 0.1) is 24.5 Å². The number of nitrogens with one attached hydrogen (secondary N) is 1. The molecule has 2 unspecified atom stereocenters. The van der Waals surface area contributed by atoms with Gasteiger partial charge < -0.3 is 5.11 Å². The van der Waals surface area contributed by atoms with Crippen molar-refractivity contribution in [3.8, 4) is 0 Å². The van der Waals surface area contributed by atoms with Crippen molar-refractivity contribution in [3.63, 3.8) is 0 Å². The Morgan fingerprint density at radius 1 is 1.30 bits per heavy atom. The van der Waals surface area contributed by atoms with Crippen LogP contribution in [0.15, 0.2) is 17.0 Å². The molecule has 4 nitrogen and oxygen atoms in total. The molecule has 7 heteroatoms. The van der Waals surface area contributed by atoms with E-state index >= 15 is 0 Å². The number of aliphatic hydroxyl groups is 1. The average Bonchev–Trinajstić information content (AvgIpc) is 2.77. The van der Waals surface area contributed by atoms with Crippen molar-refractivity contribution in [1.82, 2.24) is 4.72 Å². The fraction of sp³-hybridized carbons (Fsp3) is 0.538. The van der Waals surface area contributed by atoms with Crippen molar-refractivity contribution in [2.75, 3.05) is 6.54 Å². The maximum absolute atomic E-state index is 13.6. The molecule has 1 aliphatic rings. The lowest BCUT2D eigenvalue weighted by molar-refractivity contribution is 0.134. The highest BCUT2D eigenvalue weighted by atomic mass is 32.2. The Morgan fingerprint density at radius 2 is 2.00 bits per heavy atom. The van der Waals surface area contributed by atoms with E-state index in [0.717, 1.165) is 18.9 Å². The van der Waals surface area contributed by atoms with Crippen molar-refractivity contribution in [1.29, 1.82) is 0 Å². The van der Waals surface area contributed by atoms with E-state index in [1.807, 2.05) is 0 Å². The van der Waals surface area contributed by atoms with Crippen molar-refractivity contribution in [3.05, 3.63) is 29.3 Å². The van der Waals surface area contributed by atoms with E-state index in [1.54, 1.807) is 0 Å². The van der Waals surface area contributed by atoms with Crippen molar-refractivity contribution in [2.45, 2.75) is 37.2 Å². The Balaban J connectivity index is 2.16. The van der Waals surface area contributed by atoms with Gasteiger partial charge in [0.25, 0.3) is 0 Å². The van der Waals surface area contributed by atoms with Gasteiger partial charge in [-0.3, -0.25) is 0 Å². The SMILES string of the molecule is Cc1cc(S(=O)(=O)NCC2CCCC2O)c(F)cc1F. The molecule has 1 saturated carbocycles. The van der Waals surface area contributed by atoms with Crippen molar-refractivity contribution >= 4 is 10.0 Å². The van der Waals surface area contributed by atoms with E-state index in [4.69, 9.17) is 0 Å². The summed E-state index contributed by atoms with van der Waals surface area (Å²) in [5, 5.41) is 9.63. The molecular weight excluding hydrogens is 288 g/mol. The van der Waals surface area contributed by atoms with Crippen LogP contribution in [0.3, 0.4) is 0 Å². The van der Waals surface area contributed by atoms with Gasteiger partial charge in [0, 0.05) is 12.6 Å². The summed E-state index contributed by atoms with van der Waals surface area (Å²) in [5.74, 6) is -2.06. The second-order valence-electron chi connectivity index (χ2n) is 5.14. The second kappa shape index (κ2) is 5.75. The van der Waals surface area contributed by atoms with E-state index < -0.39 is 32.7 Å². The fourth-order valence-corrected chi connectivity index (χ4v) is 3.62. The van der Waals surface area contributed by atoms with Crippen LogP contribution >= 0.6 is 0 Å². The molecule has 0 radical (unpaired) electrons. The van der Waals surface area contributed by atoms with Crippen LogP contribution in [0.1, 0.15) is 24.8 Å². The monoisotopic (exact) mass is 305 g/mol. The maximum atomic E-state index is 13.6. The normalized spacial score (nSPS) is 23.2. The lowest BCUT2D eigenvalue weighted by atomic mass is 10.1. The minimum absolute atomic E-state index is 0.0549. The Hall–Kier alpha value is -1.05. The van der Waals surface area contributed by atoms with E-state index in [1.165, 1.54) is 6.92 Å². The van der Waals surface area contributed by atoms with Crippen LogP contribution < -0.4 is 4.72 Å². The summed E-state index contributed by atoms with van der Waals surface area (Å²) in [6.07, 6.45) is 1.69. The highest BCUT2D eigenvalue weighted by molar-refractivity contribution is 7.89. The van der Waals surface area contributed by atoms with E-state index in [2.05, 4.69) is 4.72 Å². The minimum Gasteiger partial charge on any atom is -0.393 e. The third-order valence-electron chi connectivity index (χ3n) is 3.66. The van der Waals surface area contributed by atoms with Gasteiger partial charge >= 0.3 is 0 Å². The zero-order chi connectivity index (χ0) is 14.9. The summed E-state index contributed by atoms with van der Waals surface area (Å²) >= 11 is 0. The molecule has 2 rings (SSSR count). The van der Waals surface area contributed by atoms with Gasteiger partial charge in [-0.1, -0.05) is 6.42 Å². The molecule has 1 aromatic carbocycles. The summed E-state index contributed by atoms with van der Waals surface area (Å²) in [6, 6.07) is 1.53. The van der Waals surface area contributed by atoms with Gasteiger partial charge in [0.05, 0.1) is 6.10 Å². The largest absolute Gasteiger partial charge is 0.393 e. The van der Waals surface area contributed by atoms with Crippen LogP contribution in [0.5, 0.6) is 0 Å². The maximum Gasteiger partial charge on any atom is 0.243 e. The molecule has 0 spiro atoms. The van der Waals surface area contributed by atoms with Gasteiger partial charge in [-0.05, 0) is 37.3 Å². The van der Waals surface area contributed by atoms with Crippen LogP contribution in [-0.4, -0.2) is 26.2 Å². The summed E-state index contributed by atoms with van der Waals surface area (Å²) < 4.78 is 53.1. The number of sulfonamides is 1. The first-order valence-corrected chi connectivity index (χ1v) is 7.93. The molecule has 2 N–H and O–H groups in total. The summed E-state index contributed by atoms with van der Waals surface area (Å²) in [7, 11) is -4.04. The number of hydrogen-bond acceptors (Lipinski definition) is 3. The molecule has 1 aromatic rings. The molecule has 0 amide bonds. The standard InChI is InChI=1S/C13H17F2NO3S/c1-8-5-13(11(15)6-10(8)14)20(18,19)16-7-9-3-2-4-12(9)17/h5-6,9,12,16-17H,2-4,7H2,1H3. The number of halogens is 2. The number of rotatable bonds is 4. The van der Waals surface area contributed by atoms with Crippen LogP contribution in [0.2, 0.25) is 0 Å². The number of aliphatic hydroxyl groups excluding tert-OH is 1. The molecule has 112 valence electrons. The highest BCUT2D eigenvalue weighted by Crippen LogP contribution is 2.25. The van der Waals surface area contributed by atoms with Gasteiger partial charge in [-0.15, -0.1) is 0 Å². The van der Waals surface area contributed by atoms with E-state index in [0.29, 0.717) is 12.5 Å². The third kappa shape index (κ3) is 3.16. The lowest BCUT2D eigenvalue weighted by Crippen LogP contribution is -2.33. The van der Waals surface area contributed by atoms with Gasteiger partial charge in [0.15, 0.2) is 0 Å². The number of benzene rings is 1. The third-order valence-corrected chi connectivity index (χ3v) is 5.10. The first kappa shape index (κ1) is 15.3. The Kier molecular flexibility index (Phi) is 4.41. The molecule has 0 heterocycles. The van der Waals surface area contributed by atoms with Crippen molar-refractivity contribution < 1.29 is 22.3 Å². The highest BCUT2D eigenvalue weighted by Gasteiger charge is 2.28. The molecule has 2 atom stereocenters. The van der Waals surface area contributed by atoms with Crippen LogP contribution in [-0.2, 0) is 10.0 Å². The van der Waals surface area contributed by atoms with Crippen LogP contribution in [0.25, 0.3) is 0 Å². The number of hydrogen-bond donors (Lipinski definition) is 2. The predicted octanol–water partition coefficient (Wildman–Crippen LogP) is 1.71. The van der Waals surface area contributed by atoms with Gasteiger partial charge in [-0.2, -0.15) is 0 Å². The summed E-state index contributed by atoms with van der Waals surface area (Å²) in [5.41, 5.74) is 0.0627. The number of aryl methyl sites for hydroxylation is 1. The molecule has 0 bridgehead atoms. The Morgan fingerprint density at radius 3 is 2.60 bits per heavy atom. The first-order valence-electron chi connectivity index (χ1n) is 6.44. The van der Waals surface area contributed by atoms with Gasteiger partial charge in [0.1, 0.15) is 16.5 Å². The quantitative estimate of drug-likeness (QED) is 0.890. The van der Waals surface area contributed by atoms with Gasteiger partial charge in [-0.25, -0.2) is 21.9 Å². The Labute approximate surface area is 116 Å². The predicted molar refractivity (Wildman–Crippen MR) is 69.6 cm³/mol. The van der Waals surface area contributed by atoms with Gasteiger partial charge in [0.2, 0.25) is 10.0 Å². The average molecular weight is 305 g/mol. The summed E-state index contributed by atoms with van der Waals surface area (Å²) in [4.78, 5) is -0.566. The molecular formula is C13H17F2NO3S. The molecule has 1 fully saturated rings. The topological polar surface area (TPSA) is 66.4 Å². The zero-order valence-corrected chi connectivity index (χ0v) is 11.9. The minimum atomic E-state index is -4.04. The van der Waals surface area contributed by atoms with E-state index in [9.17, 15) is 22.3 Å². The van der Waals surface area contributed by atoms with Crippen molar-refractivity contribution in [2.24, 2.45) is 5.92 Å². The molecule has 0 saturated heterocycles. The molecule has 0 aliphatic heterocycles. The first-order chi connectivity index (χ1) is 9.31. The van der Waals surface area contributed by atoms with E-state index in [-0.39, 0.29) is 18.0 Å². The summed E-state index contributed by atoms with van der Waals surface area (Å²) in [6.45, 7) is 1.42. The molecule has 0 aromatic heterocycles. The molecule has 1 aliphatic carbocycles. The van der Waals surface area contributed by atoms with Crippen LogP contribution in [0.4, 0.5) is 8.78 Å². The Bertz CT molecular complexity index is 604. The smallest absolute Gasteiger partial charge is 0.243 e. The lowest BCUT2D eigenvalue weighted by Gasteiger charge is -2.15. The zero-order valence-electron chi connectivity index (χ0n) is 11.1. The molecule has 20 heavy (non-hydrogen) atoms. The second-order valence-corrected chi connectivity index (χ2v) is 6.88.